The van der Waals surface area contributed by atoms with E-state index in [1.807, 2.05) is 0 Å². The van der Waals surface area contributed by atoms with Crippen LogP contribution in [-0.2, 0) is 9.59 Å². The lowest BCUT2D eigenvalue weighted by atomic mass is 10.2. The second-order valence-corrected chi connectivity index (χ2v) is 6.14. The third-order valence-corrected chi connectivity index (χ3v) is 4.60. The molecule has 1 atom stereocenters. The number of benzene rings is 1. The first kappa shape index (κ1) is 17.4. The van der Waals surface area contributed by atoms with Gasteiger partial charge in [0, 0.05) is 33.7 Å². The summed E-state index contributed by atoms with van der Waals surface area (Å²) in [5, 5.41) is 22.2. The minimum absolute atomic E-state index is 0.0112. The van der Waals surface area contributed by atoms with E-state index < -0.39 is 22.8 Å². The number of carboxylic acid groups (broad SMARTS) is 1. The number of halogens is 1. The quantitative estimate of drug-likeness (QED) is 0.447. The summed E-state index contributed by atoms with van der Waals surface area (Å²) >= 11 is 4.42. The first-order chi connectivity index (χ1) is 9.72. The number of carbonyl (C=O) groups excluding carboxylic acids is 1. The monoisotopic (exact) mass is 376 g/mol. The first-order valence-electron chi connectivity index (χ1n) is 5.79. The molecular formula is C12H13BrN2O5S. The third-order valence-electron chi connectivity index (χ3n) is 2.53. The Balaban J connectivity index is 2.88. The molecule has 0 radical (unpaired) electrons. The van der Waals surface area contributed by atoms with Crippen LogP contribution >= 0.6 is 27.7 Å². The molecule has 0 aliphatic carbocycles. The maximum absolute atomic E-state index is 11.0. The molecule has 0 saturated carbocycles. The molecule has 0 aliphatic rings. The van der Waals surface area contributed by atoms with Gasteiger partial charge in [0.2, 0.25) is 5.91 Å². The van der Waals surface area contributed by atoms with Gasteiger partial charge in [-0.25, -0.2) is 4.79 Å². The molecule has 1 rings (SSSR count). The van der Waals surface area contributed by atoms with Crippen molar-refractivity contribution >= 4 is 45.3 Å². The molecule has 0 aromatic heterocycles. The molecule has 1 aromatic carbocycles. The summed E-state index contributed by atoms with van der Waals surface area (Å²) in [6.07, 6.45) is 0. The molecule has 9 heteroatoms. The Morgan fingerprint density at radius 3 is 2.62 bits per heavy atom. The summed E-state index contributed by atoms with van der Waals surface area (Å²) in [7, 11) is 0. The summed E-state index contributed by atoms with van der Waals surface area (Å²) in [6, 6.07) is 1.97. The van der Waals surface area contributed by atoms with Gasteiger partial charge < -0.3 is 10.4 Å². The summed E-state index contributed by atoms with van der Waals surface area (Å²) in [5.41, 5.74) is 0.472. The van der Waals surface area contributed by atoms with E-state index in [-0.39, 0.29) is 11.4 Å². The van der Waals surface area contributed by atoms with Gasteiger partial charge in [-0.2, -0.15) is 0 Å². The van der Waals surface area contributed by atoms with Crippen molar-refractivity contribution in [3.63, 3.8) is 0 Å². The second kappa shape index (κ2) is 7.41. The van der Waals surface area contributed by atoms with E-state index in [1.54, 1.807) is 13.0 Å². The Hall–Kier alpha value is -1.61. The highest BCUT2D eigenvalue weighted by atomic mass is 79.9. The average molecular weight is 377 g/mol. The molecule has 1 aromatic rings. The number of amides is 1. The van der Waals surface area contributed by atoms with Crippen LogP contribution < -0.4 is 5.32 Å². The average Bonchev–Trinajstić information content (AvgIpc) is 2.36. The van der Waals surface area contributed by atoms with Gasteiger partial charge in [-0.05, 0) is 28.9 Å². The lowest BCUT2D eigenvalue weighted by Gasteiger charge is -2.13. The van der Waals surface area contributed by atoms with Gasteiger partial charge in [0.1, 0.15) is 6.04 Å². The van der Waals surface area contributed by atoms with E-state index >= 15 is 0 Å². The van der Waals surface area contributed by atoms with Gasteiger partial charge in [-0.15, -0.1) is 11.8 Å². The Labute approximate surface area is 133 Å². The number of nitro groups is 1. The molecule has 0 spiro atoms. The van der Waals surface area contributed by atoms with Gasteiger partial charge >= 0.3 is 5.97 Å². The van der Waals surface area contributed by atoms with Gasteiger partial charge in [0.25, 0.3) is 5.69 Å². The number of nitro benzene ring substituents is 1. The largest absolute Gasteiger partial charge is 0.480 e. The first-order valence-corrected chi connectivity index (χ1v) is 7.57. The zero-order valence-corrected chi connectivity index (χ0v) is 13.7. The summed E-state index contributed by atoms with van der Waals surface area (Å²) in [4.78, 5) is 33.0. The number of carboxylic acids is 1. The topological polar surface area (TPSA) is 110 Å². The highest BCUT2D eigenvalue weighted by Gasteiger charge is 2.20. The molecular weight excluding hydrogens is 364 g/mol. The lowest BCUT2D eigenvalue weighted by molar-refractivity contribution is -0.385. The van der Waals surface area contributed by atoms with Gasteiger partial charge in [0.15, 0.2) is 0 Å². The summed E-state index contributed by atoms with van der Waals surface area (Å²) in [6.45, 7) is 2.85. The molecule has 1 amide bonds. The number of aliphatic carboxylic acids is 1. The number of thioether (sulfide) groups is 1. The summed E-state index contributed by atoms with van der Waals surface area (Å²) < 4.78 is 0.511. The number of hydrogen-bond acceptors (Lipinski definition) is 5. The Bertz CT molecular complexity index is 593. The van der Waals surface area contributed by atoms with Crippen molar-refractivity contribution in [3.05, 3.63) is 32.3 Å². The van der Waals surface area contributed by atoms with E-state index in [1.165, 1.54) is 24.8 Å². The Morgan fingerprint density at radius 1 is 1.52 bits per heavy atom. The number of hydrogen-bond donors (Lipinski definition) is 2. The van der Waals surface area contributed by atoms with E-state index in [4.69, 9.17) is 5.11 Å². The zero-order valence-electron chi connectivity index (χ0n) is 11.3. The normalized spacial score (nSPS) is 11.8. The standard InChI is InChI=1S/C12H13BrN2O5S/c1-6-3-11(8(13)4-10(6)15(19)20)21-5-9(12(17)18)14-7(2)16/h3-4,9H,5H2,1-2H3,(H,14,16)(H,17,18)/t9-/m0/s1. The second-order valence-electron chi connectivity index (χ2n) is 4.23. The van der Waals surface area contributed by atoms with E-state index in [9.17, 15) is 19.7 Å². The van der Waals surface area contributed by atoms with Crippen molar-refractivity contribution < 1.29 is 19.6 Å². The molecule has 2 N–H and O–H groups in total. The van der Waals surface area contributed by atoms with Crippen LogP contribution in [0.15, 0.2) is 21.5 Å². The van der Waals surface area contributed by atoms with Crippen LogP contribution in [0.3, 0.4) is 0 Å². The molecule has 0 unspecified atom stereocenters. The third kappa shape index (κ3) is 5.01. The van der Waals surface area contributed by atoms with Crippen LogP contribution in [0.25, 0.3) is 0 Å². The van der Waals surface area contributed by atoms with Crippen molar-refractivity contribution in [2.45, 2.75) is 24.8 Å². The molecule has 0 saturated heterocycles. The Morgan fingerprint density at radius 2 is 2.14 bits per heavy atom. The van der Waals surface area contributed by atoms with E-state index in [2.05, 4.69) is 21.2 Å². The predicted molar refractivity (Wildman–Crippen MR) is 81.5 cm³/mol. The van der Waals surface area contributed by atoms with Crippen LogP contribution in [0.5, 0.6) is 0 Å². The van der Waals surface area contributed by atoms with Crippen molar-refractivity contribution in [1.82, 2.24) is 5.32 Å². The number of nitrogens with one attached hydrogen (secondary N) is 1. The van der Waals surface area contributed by atoms with Crippen molar-refractivity contribution in [1.29, 1.82) is 0 Å². The molecule has 0 heterocycles. The van der Waals surface area contributed by atoms with Crippen molar-refractivity contribution in [2.24, 2.45) is 0 Å². The summed E-state index contributed by atoms with van der Waals surface area (Å²) in [5.74, 6) is -1.44. The molecule has 0 bridgehead atoms. The molecule has 0 aliphatic heterocycles. The molecule has 114 valence electrons. The highest BCUT2D eigenvalue weighted by molar-refractivity contribution is 9.10. The maximum Gasteiger partial charge on any atom is 0.327 e. The minimum atomic E-state index is -1.13. The van der Waals surface area contributed by atoms with Gasteiger partial charge in [0.05, 0.1) is 4.92 Å². The molecule has 7 nitrogen and oxygen atoms in total. The number of nitrogens with zero attached hydrogens (tertiary/aromatic N) is 1. The van der Waals surface area contributed by atoms with Crippen LogP contribution in [0.4, 0.5) is 5.69 Å². The fourth-order valence-electron chi connectivity index (χ4n) is 1.54. The minimum Gasteiger partial charge on any atom is -0.480 e. The van der Waals surface area contributed by atoms with Crippen LogP contribution in [0.1, 0.15) is 12.5 Å². The highest BCUT2D eigenvalue weighted by Crippen LogP contribution is 2.33. The smallest absolute Gasteiger partial charge is 0.327 e. The van der Waals surface area contributed by atoms with E-state index in [0.29, 0.717) is 14.9 Å². The predicted octanol–water partition coefficient (Wildman–Crippen LogP) is 2.35. The maximum atomic E-state index is 11.0. The van der Waals surface area contributed by atoms with Crippen molar-refractivity contribution in [2.75, 3.05) is 5.75 Å². The Kier molecular flexibility index (Phi) is 6.16. The number of carbonyl (C=O) groups is 2. The fraction of sp³-hybridized carbons (Fsp3) is 0.333. The fourth-order valence-corrected chi connectivity index (χ4v) is 3.25. The lowest BCUT2D eigenvalue weighted by Crippen LogP contribution is -2.41. The number of aryl methyl sites for hydroxylation is 1. The van der Waals surface area contributed by atoms with Crippen molar-refractivity contribution in [3.8, 4) is 0 Å². The van der Waals surface area contributed by atoms with Crippen LogP contribution in [0, 0.1) is 17.0 Å². The van der Waals surface area contributed by atoms with Gasteiger partial charge in [-0.3, -0.25) is 14.9 Å². The molecule has 0 fully saturated rings. The van der Waals surface area contributed by atoms with Crippen LogP contribution in [-0.4, -0.2) is 33.7 Å². The van der Waals surface area contributed by atoms with E-state index in [0.717, 1.165) is 0 Å². The SMILES string of the molecule is CC(=O)N[C@@H](CSc1cc(C)c([N+](=O)[O-])cc1Br)C(=O)O. The van der Waals surface area contributed by atoms with Gasteiger partial charge in [-0.1, -0.05) is 0 Å². The zero-order chi connectivity index (χ0) is 16.2. The van der Waals surface area contributed by atoms with Crippen LogP contribution in [0.2, 0.25) is 0 Å². The molecule has 21 heavy (non-hydrogen) atoms. The number of rotatable bonds is 6.